The SMILES string of the molecule is COc1ccc(CCC2CCCCN2C(=O)c2cccc(NC(=O)c3ccco3)c2)cc1OC. The molecule has 1 N–H and O–H groups in total. The molecule has 1 fully saturated rings. The molecule has 0 radical (unpaired) electrons. The molecule has 3 aromatic rings. The maximum absolute atomic E-state index is 13.4. The van der Waals surface area contributed by atoms with Gasteiger partial charge in [-0.05, 0) is 80.1 Å². The van der Waals surface area contributed by atoms with Gasteiger partial charge in [0.15, 0.2) is 17.3 Å². The molecule has 178 valence electrons. The molecule has 1 saturated heterocycles. The van der Waals surface area contributed by atoms with Crippen molar-refractivity contribution in [3.05, 3.63) is 77.7 Å². The summed E-state index contributed by atoms with van der Waals surface area (Å²) in [4.78, 5) is 27.7. The van der Waals surface area contributed by atoms with Crippen LogP contribution >= 0.6 is 0 Å². The average Bonchev–Trinajstić information content (AvgIpc) is 3.42. The Kier molecular flexibility index (Phi) is 7.52. The zero-order valence-corrected chi connectivity index (χ0v) is 19.6. The standard InChI is InChI=1S/C27H30N2O5/c1-32-23-14-12-19(17-25(23)33-2)11-13-22-9-3-4-15-29(22)27(31)20-7-5-8-21(18-20)28-26(30)24-10-6-16-34-24/h5-8,10,12,14,16-18,22H,3-4,9,11,13,15H2,1-2H3,(H,28,30). The second-order valence-electron chi connectivity index (χ2n) is 8.39. The number of anilines is 1. The van der Waals surface area contributed by atoms with Crippen molar-refractivity contribution in [3.8, 4) is 11.5 Å². The van der Waals surface area contributed by atoms with Gasteiger partial charge in [-0.1, -0.05) is 12.1 Å². The summed E-state index contributed by atoms with van der Waals surface area (Å²) in [5.41, 5.74) is 2.28. The Morgan fingerprint density at radius 3 is 2.65 bits per heavy atom. The molecule has 0 spiro atoms. The van der Waals surface area contributed by atoms with Crippen LogP contribution in [-0.4, -0.2) is 43.5 Å². The first kappa shape index (κ1) is 23.4. The number of rotatable bonds is 8. The number of carbonyl (C=O) groups is 2. The third-order valence-electron chi connectivity index (χ3n) is 6.21. The van der Waals surface area contributed by atoms with Gasteiger partial charge in [-0.15, -0.1) is 0 Å². The van der Waals surface area contributed by atoms with Crippen LogP contribution in [0, 0.1) is 0 Å². The number of methoxy groups -OCH3 is 2. The molecule has 7 nitrogen and oxygen atoms in total. The summed E-state index contributed by atoms with van der Waals surface area (Å²) in [5.74, 6) is 1.29. The lowest BCUT2D eigenvalue weighted by molar-refractivity contribution is 0.0601. The van der Waals surface area contributed by atoms with E-state index in [0.29, 0.717) is 22.7 Å². The number of nitrogens with one attached hydrogen (secondary N) is 1. The molecule has 1 aliphatic heterocycles. The zero-order chi connectivity index (χ0) is 23.9. The van der Waals surface area contributed by atoms with Gasteiger partial charge in [0.2, 0.25) is 0 Å². The summed E-state index contributed by atoms with van der Waals surface area (Å²) in [7, 11) is 3.26. The molecule has 0 aliphatic carbocycles. The first-order valence-corrected chi connectivity index (χ1v) is 11.6. The van der Waals surface area contributed by atoms with Crippen LogP contribution in [0.15, 0.2) is 65.3 Å². The van der Waals surface area contributed by atoms with Gasteiger partial charge in [-0.25, -0.2) is 0 Å². The molecule has 2 amide bonds. The Balaban J connectivity index is 1.44. The van der Waals surface area contributed by atoms with Gasteiger partial charge in [0, 0.05) is 23.8 Å². The molecule has 0 saturated carbocycles. The van der Waals surface area contributed by atoms with Crippen molar-refractivity contribution >= 4 is 17.5 Å². The molecule has 1 atom stereocenters. The summed E-state index contributed by atoms with van der Waals surface area (Å²) in [6.45, 7) is 0.735. The van der Waals surface area contributed by atoms with Gasteiger partial charge < -0.3 is 24.1 Å². The second-order valence-corrected chi connectivity index (χ2v) is 8.39. The minimum Gasteiger partial charge on any atom is -0.493 e. The van der Waals surface area contributed by atoms with Gasteiger partial charge in [0.05, 0.1) is 20.5 Å². The predicted octanol–water partition coefficient (Wildman–Crippen LogP) is 5.18. The van der Waals surface area contributed by atoms with Crippen molar-refractivity contribution in [3.63, 3.8) is 0 Å². The van der Waals surface area contributed by atoms with Crippen LogP contribution < -0.4 is 14.8 Å². The van der Waals surface area contributed by atoms with E-state index in [1.54, 1.807) is 50.6 Å². The Bertz CT molecular complexity index is 1130. The Morgan fingerprint density at radius 2 is 1.88 bits per heavy atom. The fourth-order valence-electron chi connectivity index (χ4n) is 4.43. The Morgan fingerprint density at radius 1 is 1.03 bits per heavy atom. The number of benzene rings is 2. The minimum absolute atomic E-state index is 0.00823. The highest BCUT2D eigenvalue weighted by Gasteiger charge is 2.27. The molecule has 1 unspecified atom stereocenters. The van der Waals surface area contributed by atoms with Crippen LogP contribution in [0.5, 0.6) is 11.5 Å². The third-order valence-corrected chi connectivity index (χ3v) is 6.21. The summed E-state index contributed by atoms with van der Waals surface area (Å²) < 4.78 is 15.9. The first-order valence-electron chi connectivity index (χ1n) is 11.6. The average molecular weight is 463 g/mol. The van der Waals surface area contributed by atoms with E-state index in [9.17, 15) is 9.59 Å². The largest absolute Gasteiger partial charge is 0.493 e. The molecule has 1 aromatic heterocycles. The highest BCUT2D eigenvalue weighted by Crippen LogP contribution is 2.29. The summed E-state index contributed by atoms with van der Waals surface area (Å²) in [6, 6.07) is 16.5. The molecular weight excluding hydrogens is 432 g/mol. The number of carbonyl (C=O) groups excluding carboxylic acids is 2. The molecule has 0 bridgehead atoms. The predicted molar refractivity (Wildman–Crippen MR) is 130 cm³/mol. The van der Waals surface area contributed by atoms with Crippen molar-refractivity contribution in [2.75, 3.05) is 26.1 Å². The van der Waals surface area contributed by atoms with Crippen LogP contribution in [0.1, 0.15) is 52.2 Å². The minimum atomic E-state index is -0.347. The number of piperidine rings is 1. The van der Waals surface area contributed by atoms with E-state index in [1.807, 2.05) is 23.1 Å². The number of nitrogens with zero attached hydrogens (tertiary/aromatic N) is 1. The van der Waals surface area contributed by atoms with E-state index in [0.717, 1.165) is 44.2 Å². The number of amides is 2. The van der Waals surface area contributed by atoms with Gasteiger partial charge in [0.1, 0.15) is 0 Å². The van der Waals surface area contributed by atoms with Crippen molar-refractivity contribution in [2.45, 2.75) is 38.1 Å². The maximum atomic E-state index is 13.4. The van der Waals surface area contributed by atoms with Gasteiger partial charge in [-0.3, -0.25) is 9.59 Å². The smallest absolute Gasteiger partial charge is 0.291 e. The van der Waals surface area contributed by atoms with E-state index in [1.165, 1.54) is 6.26 Å². The fraction of sp³-hybridized carbons (Fsp3) is 0.333. The number of furan rings is 1. The van der Waals surface area contributed by atoms with E-state index >= 15 is 0 Å². The summed E-state index contributed by atoms with van der Waals surface area (Å²) >= 11 is 0. The molecule has 1 aliphatic rings. The molecule has 2 aromatic carbocycles. The van der Waals surface area contributed by atoms with E-state index in [4.69, 9.17) is 13.9 Å². The van der Waals surface area contributed by atoms with Gasteiger partial charge in [-0.2, -0.15) is 0 Å². The molecule has 7 heteroatoms. The first-order chi connectivity index (χ1) is 16.6. The molecule has 2 heterocycles. The Hall–Kier alpha value is -3.74. The van der Waals surface area contributed by atoms with Crippen LogP contribution in [0.25, 0.3) is 0 Å². The van der Waals surface area contributed by atoms with Crippen molar-refractivity contribution in [2.24, 2.45) is 0 Å². The normalized spacial score (nSPS) is 15.6. The van der Waals surface area contributed by atoms with Crippen molar-refractivity contribution < 1.29 is 23.5 Å². The van der Waals surface area contributed by atoms with E-state index in [-0.39, 0.29) is 23.6 Å². The zero-order valence-electron chi connectivity index (χ0n) is 19.6. The number of likely N-dealkylation sites (tertiary alicyclic amines) is 1. The van der Waals surface area contributed by atoms with Crippen molar-refractivity contribution in [1.82, 2.24) is 4.90 Å². The lowest BCUT2D eigenvalue weighted by Crippen LogP contribution is -2.44. The van der Waals surface area contributed by atoms with E-state index in [2.05, 4.69) is 5.32 Å². The number of ether oxygens (including phenoxy) is 2. The fourth-order valence-corrected chi connectivity index (χ4v) is 4.43. The highest BCUT2D eigenvalue weighted by molar-refractivity contribution is 6.03. The maximum Gasteiger partial charge on any atom is 0.291 e. The van der Waals surface area contributed by atoms with Gasteiger partial charge in [0.25, 0.3) is 11.8 Å². The monoisotopic (exact) mass is 462 g/mol. The number of hydrogen-bond donors (Lipinski definition) is 1. The summed E-state index contributed by atoms with van der Waals surface area (Å²) in [6.07, 6.45) is 6.25. The van der Waals surface area contributed by atoms with Crippen LogP contribution in [-0.2, 0) is 6.42 Å². The molecular formula is C27H30N2O5. The summed E-state index contributed by atoms with van der Waals surface area (Å²) in [5, 5.41) is 2.80. The lowest BCUT2D eigenvalue weighted by atomic mass is 9.95. The third kappa shape index (κ3) is 5.42. The van der Waals surface area contributed by atoms with Crippen molar-refractivity contribution in [1.29, 1.82) is 0 Å². The quantitative estimate of drug-likeness (QED) is 0.499. The van der Waals surface area contributed by atoms with E-state index < -0.39 is 0 Å². The number of aryl methyl sites for hydroxylation is 1. The van der Waals surface area contributed by atoms with Crippen LogP contribution in [0.4, 0.5) is 5.69 Å². The van der Waals surface area contributed by atoms with Gasteiger partial charge >= 0.3 is 0 Å². The highest BCUT2D eigenvalue weighted by atomic mass is 16.5. The lowest BCUT2D eigenvalue weighted by Gasteiger charge is -2.36. The van der Waals surface area contributed by atoms with Crippen LogP contribution in [0.2, 0.25) is 0 Å². The number of hydrogen-bond acceptors (Lipinski definition) is 5. The molecule has 4 rings (SSSR count). The van der Waals surface area contributed by atoms with Crippen LogP contribution in [0.3, 0.4) is 0 Å². The Labute approximate surface area is 199 Å². The second kappa shape index (κ2) is 10.9. The molecule has 34 heavy (non-hydrogen) atoms. The topological polar surface area (TPSA) is 81.0 Å².